The largest absolute Gasteiger partial charge is 0.449 e. The second kappa shape index (κ2) is 7.73. The highest BCUT2D eigenvalue weighted by Gasteiger charge is 2.25. The number of hydrogen-bond acceptors (Lipinski definition) is 6. The minimum Gasteiger partial charge on any atom is -0.449 e. The Morgan fingerprint density at radius 3 is 2.52 bits per heavy atom. The third kappa shape index (κ3) is 4.52. The molecule has 1 atom stereocenters. The number of halogens is 2. The van der Waals surface area contributed by atoms with Crippen molar-refractivity contribution in [1.82, 2.24) is 5.16 Å². The first-order valence-electron chi connectivity index (χ1n) is 7.28. The van der Waals surface area contributed by atoms with Crippen LogP contribution in [0.3, 0.4) is 0 Å². The number of benzene rings is 1. The fourth-order valence-electron chi connectivity index (χ4n) is 2.05. The van der Waals surface area contributed by atoms with Crippen molar-refractivity contribution in [2.45, 2.75) is 33.5 Å². The van der Waals surface area contributed by atoms with Gasteiger partial charge >= 0.3 is 12.6 Å². The van der Waals surface area contributed by atoms with Crippen molar-refractivity contribution < 1.29 is 32.4 Å². The number of ether oxygens (including phenoxy) is 2. The van der Waals surface area contributed by atoms with Gasteiger partial charge in [0, 0.05) is 0 Å². The topological polar surface area (TPSA) is 90.7 Å². The van der Waals surface area contributed by atoms with Crippen LogP contribution in [-0.2, 0) is 9.53 Å². The highest BCUT2D eigenvalue weighted by molar-refractivity contribution is 5.98. The minimum atomic E-state index is -3.03. The zero-order valence-electron chi connectivity index (χ0n) is 13.7. The van der Waals surface area contributed by atoms with Crippen LogP contribution in [0.5, 0.6) is 5.75 Å². The summed E-state index contributed by atoms with van der Waals surface area (Å²) in [5.41, 5.74) is 0.514. The van der Waals surface area contributed by atoms with Gasteiger partial charge in [0.05, 0.1) is 11.4 Å². The van der Waals surface area contributed by atoms with Crippen LogP contribution >= 0.6 is 0 Å². The van der Waals surface area contributed by atoms with Gasteiger partial charge in [-0.2, -0.15) is 8.78 Å². The molecule has 0 fully saturated rings. The van der Waals surface area contributed by atoms with Crippen molar-refractivity contribution in [1.29, 1.82) is 0 Å². The molecule has 134 valence electrons. The Kier molecular flexibility index (Phi) is 5.68. The van der Waals surface area contributed by atoms with E-state index in [1.807, 2.05) is 0 Å². The molecule has 1 aromatic heterocycles. The fourth-order valence-corrected chi connectivity index (χ4v) is 2.05. The Morgan fingerprint density at radius 2 is 1.92 bits per heavy atom. The van der Waals surface area contributed by atoms with Gasteiger partial charge in [-0.1, -0.05) is 17.3 Å². The van der Waals surface area contributed by atoms with Gasteiger partial charge in [-0.25, -0.2) is 4.79 Å². The molecule has 0 aliphatic carbocycles. The maximum absolute atomic E-state index is 12.4. The Balaban J connectivity index is 2.05. The van der Waals surface area contributed by atoms with Crippen molar-refractivity contribution in [2.24, 2.45) is 0 Å². The van der Waals surface area contributed by atoms with Crippen LogP contribution in [0.1, 0.15) is 28.7 Å². The molecular formula is C16H16F2N2O5. The van der Waals surface area contributed by atoms with E-state index in [-0.39, 0.29) is 22.8 Å². The van der Waals surface area contributed by atoms with Crippen molar-refractivity contribution in [2.75, 3.05) is 5.32 Å². The lowest BCUT2D eigenvalue weighted by atomic mass is 10.2. The summed E-state index contributed by atoms with van der Waals surface area (Å²) in [6.45, 7) is 1.42. The molecule has 2 rings (SSSR count). The lowest BCUT2D eigenvalue weighted by Crippen LogP contribution is -2.30. The minimum absolute atomic E-state index is 0.0352. The Morgan fingerprint density at radius 1 is 1.24 bits per heavy atom. The quantitative estimate of drug-likeness (QED) is 0.802. The van der Waals surface area contributed by atoms with Crippen LogP contribution in [0.4, 0.5) is 14.5 Å². The van der Waals surface area contributed by atoms with Crippen molar-refractivity contribution in [3.05, 3.63) is 41.3 Å². The van der Waals surface area contributed by atoms with Crippen LogP contribution < -0.4 is 10.1 Å². The molecule has 0 saturated carbocycles. The van der Waals surface area contributed by atoms with Gasteiger partial charge in [-0.15, -0.1) is 0 Å². The molecule has 1 aromatic carbocycles. The SMILES string of the molecule is Cc1noc(C)c1C(=O)O[C@@H](C)C(=O)Nc1ccccc1OC(F)F. The highest BCUT2D eigenvalue weighted by Crippen LogP contribution is 2.25. The van der Waals surface area contributed by atoms with E-state index in [2.05, 4.69) is 15.2 Å². The molecule has 1 heterocycles. The van der Waals surface area contributed by atoms with Crippen LogP contribution in [-0.4, -0.2) is 29.7 Å². The predicted octanol–water partition coefficient (Wildman–Crippen LogP) is 3.08. The number of hydrogen-bond donors (Lipinski definition) is 1. The van der Waals surface area contributed by atoms with Crippen molar-refractivity contribution in [3.63, 3.8) is 0 Å². The first-order valence-corrected chi connectivity index (χ1v) is 7.28. The number of para-hydroxylation sites is 2. The third-order valence-electron chi connectivity index (χ3n) is 3.25. The number of carbonyl (C=O) groups is 2. The lowest BCUT2D eigenvalue weighted by Gasteiger charge is -2.15. The number of amides is 1. The summed E-state index contributed by atoms with van der Waals surface area (Å²) >= 11 is 0. The Bertz CT molecular complexity index is 756. The first-order chi connectivity index (χ1) is 11.8. The van der Waals surface area contributed by atoms with E-state index in [9.17, 15) is 18.4 Å². The number of nitrogens with one attached hydrogen (secondary N) is 1. The molecule has 25 heavy (non-hydrogen) atoms. The second-order valence-corrected chi connectivity index (χ2v) is 5.11. The van der Waals surface area contributed by atoms with Crippen molar-refractivity contribution in [3.8, 4) is 5.75 Å². The molecule has 0 unspecified atom stereocenters. The standard InChI is InChI=1S/C16H16F2N2O5/c1-8-13(9(2)25-20-8)15(22)23-10(3)14(21)19-11-6-4-5-7-12(11)24-16(17)18/h4-7,10,16H,1-3H3,(H,19,21)/t10-/m0/s1. The summed E-state index contributed by atoms with van der Waals surface area (Å²) in [6.07, 6.45) is -1.18. The smallest absolute Gasteiger partial charge is 0.387 e. The zero-order chi connectivity index (χ0) is 18.6. The number of anilines is 1. The molecule has 0 saturated heterocycles. The summed E-state index contributed by atoms with van der Waals surface area (Å²) in [7, 11) is 0. The number of rotatable bonds is 6. The molecular weight excluding hydrogens is 338 g/mol. The molecule has 9 heteroatoms. The average molecular weight is 354 g/mol. The Labute approximate surface area is 141 Å². The molecule has 0 aliphatic rings. The van der Waals surface area contributed by atoms with E-state index in [4.69, 9.17) is 9.26 Å². The molecule has 1 N–H and O–H groups in total. The van der Waals surface area contributed by atoms with Crippen LogP contribution in [0.25, 0.3) is 0 Å². The number of esters is 1. The molecule has 2 aromatic rings. The monoisotopic (exact) mass is 354 g/mol. The maximum Gasteiger partial charge on any atom is 0.387 e. The lowest BCUT2D eigenvalue weighted by molar-refractivity contribution is -0.123. The van der Waals surface area contributed by atoms with Crippen molar-refractivity contribution >= 4 is 17.6 Å². The second-order valence-electron chi connectivity index (χ2n) is 5.11. The van der Waals surface area contributed by atoms with Gasteiger partial charge < -0.3 is 19.3 Å². The van der Waals surface area contributed by atoms with Crippen LogP contribution in [0.2, 0.25) is 0 Å². The normalized spacial score (nSPS) is 11.9. The predicted molar refractivity (Wildman–Crippen MR) is 82.6 cm³/mol. The third-order valence-corrected chi connectivity index (χ3v) is 3.25. The molecule has 0 bridgehead atoms. The van der Waals surface area contributed by atoms with Gasteiger partial charge in [0.2, 0.25) is 0 Å². The van der Waals surface area contributed by atoms with Gasteiger partial charge in [0.1, 0.15) is 17.1 Å². The van der Waals surface area contributed by atoms with E-state index in [0.29, 0.717) is 5.69 Å². The molecule has 0 radical (unpaired) electrons. The van der Waals surface area contributed by atoms with E-state index in [1.54, 1.807) is 13.8 Å². The highest BCUT2D eigenvalue weighted by atomic mass is 19.3. The van der Waals surface area contributed by atoms with Crippen LogP contribution in [0.15, 0.2) is 28.8 Å². The van der Waals surface area contributed by atoms with Gasteiger partial charge in [-0.05, 0) is 32.9 Å². The summed E-state index contributed by atoms with van der Waals surface area (Å²) in [5, 5.41) is 6.01. The summed E-state index contributed by atoms with van der Waals surface area (Å²) in [4.78, 5) is 24.3. The average Bonchev–Trinajstić information content (AvgIpc) is 2.87. The molecule has 7 nitrogen and oxygen atoms in total. The van der Waals surface area contributed by atoms with E-state index in [0.717, 1.165) is 0 Å². The van der Waals surface area contributed by atoms with Gasteiger partial charge in [0.25, 0.3) is 5.91 Å². The number of carbonyl (C=O) groups excluding carboxylic acids is 2. The van der Waals surface area contributed by atoms with Gasteiger partial charge in [0.15, 0.2) is 6.10 Å². The number of alkyl halides is 2. The summed E-state index contributed by atoms with van der Waals surface area (Å²) in [6, 6.07) is 5.68. The molecule has 0 aliphatic heterocycles. The number of aryl methyl sites for hydroxylation is 2. The zero-order valence-corrected chi connectivity index (χ0v) is 13.7. The van der Waals surface area contributed by atoms with Crippen LogP contribution in [0, 0.1) is 13.8 Å². The van der Waals surface area contributed by atoms with E-state index >= 15 is 0 Å². The first kappa shape index (κ1) is 18.4. The molecule has 0 spiro atoms. The summed E-state index contributed by atoms with van der Waals surface area (Å²) < 4.78 is 39.0. The van der Waals surface area contributed by atoms with E-state index in [1.165, 1.54) is 31.2 Å². The number of aromatic nitrogens is 1. The maximum atomic E-state index is 12.4. The Hall–Kier alpha value is -2.97. The number of nitrogens with zero attached hydrogens (tertiary/aromatic N) is 1. The molecule has 1 amide bonds. The fraction of sp³-hybridized carbons (Fsp3) is 0.312. The van der Waals surface area contributed by atoms with Gasteiger partial charge in [-0.3, -0.25) is 4.79 Å². The van der Waals surface area contributed by atoms with E-state index < -0.39 is 24.6 Å². The summed E-state index contributed by atoms with van der Waals surface area (Å²) in [5.74, 6) is -1.40.